The first-order valence-corrected chi connectivity index (χ1v) is 9.80. The zero-order valence-corrected chi connectivity index (χ0v) is 16.2. The maximum absolute atomic E-state index is 9.42. The third kappa shape index (κ3) is 4.06. The fraction of sp³-hybridized carbons (Fsp3) is 0.333. The Morgan fingerprint density at radius 2 is 1.96 bits per heavy atom. The van der Waals surface area contributed by atoms with Gasteiger partial charge in [0.1, 0.15) is 6.07 Å². The number of furan rings is 1. The van der Waals surface area contributed by atoms with Crippen LogP contribution in [-0.2, 0) is 0 Å². The number of nitrogens with zero attached hydrogens (tertiary/aromatic N) is 3. The highest BCUT2D eigenvalue weighted by molar-refractivity contribution is 6.30. The number of hydrogen-bond acceptors (Lipinski definition) is 6. The number of nitriles is 1. The van der Waals surface area contributed by atoms with Crippen LogP contribution in [0.15, 0.2) is 51.5 Å². The van der Waals surface area contributed by atoms with Crippen LogP contribution in [0.2, 0.25) is 5.02 Å². The Labute approximate surface area is 168 Å². The SMILES string of the molecule is N#Cc1nc(-c2ccco2)oc1NCC(c1ccc(Cl)cc1)N1CCCCC1. The zero-order valence-electron chi connectivity index (χ0n) is 15.4. The quantitative estimate of drug-likeness (QED) is 0.624. The Bertz CT molecular complexity index is 938. The van der Waals surface area contributed by atoms with Gasteiger partial charge in [0, 0.05) is 11.6 Å². The van der Waals surface area contributed by atoms with Crippen LogP contribution >= 0.6 is 11.6 Å². The van der Waals surface area contributed by atoms with Crippen LogP contribution in [0.3, 0.4) is 0 Å². The first kappa shape index (κ1) is 18.6. The summed E-state index contributed by atoms with van der Waals surface area (Å²) >= 11 is 6.07. The van der Waals surface area contributed by atoms with E-state index in [-0.39, 0.29) is 11.7 Å². The highest BCUT2D eigenvalue weighted by atomic mass is 35.5. The molecule has 2 aromatic heterocycles. The van der Waals surface area contributed by atoms with Crippen LogP contribution < -0.4 is 5.32 Å². The summed E-state index contributed by atoms with van der Waals surface area (Å²) in [5.41, 5.74) is 1.41. The Hall–Kier alpha value is -2.75. The molecule has 0 aliphatic carbocycles. The number of benzene rings is 1. The first-order valence-electron chi connectivity index (χ1n) is 9.43. The van der Waals surface area contributed by atoms with E-state index in [4.69, 9.17) is 20.4 Å². The fourth-order valence-corrected chi connectivity index (χ4v) is 3.71. The van der Waals surface area contributed by atoms with E-state index >= 15 is 0 Å². The summed E-state index contributed by atoms with van der Waals surface area (Å²) in [5, 5.41) is 13.4. The number of aromatic nitrogens is 1. The minimum absolute atomic E-state index is 0.154. The topological polar surface area (TPSA) is 78.2 Å². The smallest absolute Gasteiger partial charge is 0.266 e. The molecule has 1 atom stereocenters. The van der Waals surface area contributed by atoms with E-state index < -0.39 is 0 Å². The van der Waals surface area contributed by atoms with Gasteiger partial charge in [0.25, 0.3) is 5.89 Å². The number of piperidine rings is 1. The van der Waals surface area contributed by atoms with Crippen LogP contribution in [0.1, 0.15) is 36.6 Å². The fourth-order valence-electron chi connectivity index (χ4n) is 3.58. The number of anilines is 1. The molecule has 0 spiro atoms. The van der Waals surface area contributed by atoms with Crippen molar-refractivity contribution in [3.63, 3.8) is 0 Å². The number of oxazole rings is 1. The van der Waals surface area contributed by atoms with E-state index in [2.05, 4.69) is 33.4 Å². The van der Waals surface area contributed by atoms with Crippen molar-refractivity contribution in [1.82, 2.24) is 9.88 Å². The summed E-state index contributed by atoms with van der Waals surface area (Å²) < 4.78 is 11.1. The molecule has 1 aliphatic heterocycles. The minimum Gasteiger partial charge on any atom is -0.459 e. The van der Waals surface area contributed by atoms with Crippen molar-refractivity contribution in [3.8, 4) is 17.7 Å². The molecule has 1 N–H and O–H groups in total. The molecule has 7 heteroatoms. The third-order valence-electron chi connectivity index (χ3n) is 5.01. The van der Waals surface area contributed by atoms with Crippen molar-refractivity contribution in [2.24, 2.45) is 0 Å². The molecule has 1 unspecified atom stereocenters. The molecule has 3 heterocycles. The van der Waals surface area contributed by atoms with Gasteiger partial charge in [0.2, 0.25) is 11.6 Å². The second kappa shape index (κ2) is 8.51. The molecule has 0 bridgehead atoms. The molecule has 144 valence electrons. The largest absolute Gasteiger partial charge is 0.459 e. The number of nitrogens with one attached hydrogen (secondary N) is 1. The van der Waals surface area contributed by atoms with E-state index in [1.807, 2.05) is 12.1 Å². The summed E-state index contributed by atoms with van der Waals surface area (Å²) in [6.45, 7) is 2.70. The van der Waals surface area contributed by atoms with Crippen molar-refractivity contribution < 1.29 is 8.83 Å². The van der Waals surface area contributed by atoms with Gasteiger partial charge in [0.05, 0.1) is 12.3 Å². The van der Waals surface area contributed by atoms with E-state index in [1.54, 1.807) is 18.4 Å². The highest BCUT2D eigenvalue weighted by Crippen LogP contribution is 2.29. The van der Waals surface area contributed by atoms with Gasteiger partial charge < -0.3 is 14.2 Å². The molecule has 0 radical (unpaired) electrons. The standard InChI is InChI=1S/C21H21ClN4O2/c22-16-8-6-15(7-9-16)18(26-10-2-1-3-11-26)14-24-20-17(13-23)25-21(28-20)19-5-4-12-27-19/h4-9,12,18,24H,1-3,10-11,14H2. The summed E-state index contributed by atoms with van der Waals surface area (Å²) in [6, 6.07) is 13.7. The Balaban J connectivity index is 1.55. The molecule has 0 amide bonds. The Morgan fingerprint density at radius 3 is 2.64 bits per heavy atom. The lowest BCUT2D eigenvalue weighted by Gasteiger charge is -2.35. The lowest BCUT2D eigenvalue weighted by molar-refractivity contribution is 0.170. The molecule has 1 saturated heterocycles. The van der Waals surface area contributed by atoms with Crippen molar-refractivity contribution in [1.29, 1.82) is 5.26 Å². The maximum Gasteiger partial charge on any atom is 0.266 e. The summed E-state index contributed by atoms with van der Waals surface area (Å²) in [6.07, 6.45) is 5.20. The Kier molecular flexibility index (Phi) is 5.65. The van der Waals surface area contributed by atoms with Gasteiger partial charge in [0.15, 0.2) is 5.76 Å². The first-order chi connectivity index (χ1) is 13.7. The van der Waals surface area contributed by atoms with Gasteiger partial charge in [-0.1, -0.05) is 30.2 Å². The van der Waals surface area contributed by atoms with Crippen molar-refractivity contribution in [3.05, 3.63) is 58.9 Å². The molecule has 3 aromatic rings. The van der Waals surface area contributed by atoms with Crippen LogP contribution in [0.4, 0.5) is 5.88 Å². The molecule has 6 nitrogen and oxygen atoms in total. The minimum atomic E-state index is 0.154. The highest BCUT2D eigenvalue weighted by Gasteiger charge is 2.24. The van der Waals surface area contributed by atoms with Crippen LogP contribution in [0.25, 0.3) is 11.7 Å². The lowest BCUT2D eigenvalue weighted by Crippen LogP contribution is -2.37. The average molecular weight is 397 g/mol. The number of hydrogen-bond donors (Lipinski definition) is 1. The monoisotopic (exact) mass is 396 g/mol. The number of halogens is 1. The van der Waals surface area contributed by atoms with Crippen LogP contribution in [0, 0.1) is 11.3 Å². The second-order valence-corrected chi connectivity index (χ2v) is 7.27. The molecule has 0 saturated carbocycles. The average Bonchev–Trinajstić information content (AvgIpc) is 3.40. The van der Waals surface area contributed by atoms with Crippen molar-refractivity contribution in [2.45, 2.75) is 25.3 Å². The van der Waals surface area contributed by atoms with Gasteiger partial charge in [-0.15, -0.1) is 0 Å². The van der Waals surface area contributed by atoms with Crippen LogP contribution in [0.5, 0.6) is 0 Å². The van der Waals surface area contributed by atoms with E-state index in [0.29, 0.717) is 24.1 Å². The third-order valence-corrected chi connectivity index (χ3v) is 5.26. The van der Waals surface area contributed by atoms with Crippen molar-refractivity contribution in [2.75, 3.05) is 25.0 Å². The van der Waals surface area contributed by atoms with E-state index in [0.717, 1.165) is 18.1 Å². The van der Waals surface area contributed by atoms with Gasteiger partial charge in [-0.05, 0) is 55.8 Å². The maximum atomic E-state index is 9.42. The Morgan fingerprint density at radius 1 is 1.18 bits per heavy atom. The number of rotatable bonds is 6. The van der Waals surface area contributed by atoms with Crippen LogP contribution in [-0.4, -0.2) is 29.5 Å². The molecule has 1 aliphatic rings. The van der Waals surface area contributed by atoms with Gasteiger partial charge in [-0.2, -0.15) is 10.2 Å². The summed E-state index contributed by atoms with van der Waals surface area (Å²) in [5.74, 6) is 1.16. The van der Waals surface area contributed by atoms with Gasteiger partial charge >= 0.3 is 0 Å². The molecular weight excluding hydrogens is 376 g/mol. The molecule has 1 aromatic carbocycles. The number of likely N-dealkylation sites (tertiary alicyclic amines) is 1. The zero-order chi connectivity index (χ0) is 19.3. The lowest BCUT2D eigenvalue weighted by atomic mass is 10.0. The molecule has 4 rings (SSSR count). The predicted molar refractivity (Wildman–Crippen MR) is 107 cm³/mol. The summed E-state index contributed by atoms with van der Waals surface area (Å²) in [4.78, 5) is 6.70. The predicted octanol–water partition coefficient (Wildman–Crippen LogP) is 5.10. The van der Waals surface area contributed by atoms with E-state index in [9.17, 15) is 5.26 Å². The normalized spacial score (nSPS) is 15.9. The molecule has 1 fully saturated rings. The van der Waals surface area contributed by atoms with Crippen molar-refractivity contribution >= 4 is 17.5 Å². The second-order valence-electron chi connectivity index (χ2n) is 6.83. The molecular formula is C21H21ClN4O2. The van der Waals surface area contributed by atoms with Gasteiger partial charge in [-0.25, -0.2) is 0 Å². The van der Waals surface area contributed by atoms with Gasteiger partial charge in [-0.3, -0.25) is 4.90 Å². The summed E-state index contributed by atoms with van der Waals surface area (Å²) in [7, 11) is 0. The molecule has 28 heavy (non-hydrogen) atoms. The van der Waals surface area contributed by atoms with E-state index in [1.165, 1.54) is 24.8 Å².